The molecule has 0 aromatic carbocycles. The van der Waals surface area contributed by atoms with Gasteiger partial charge in [-0.25, -0.2) is 4.21 Å². The van der Waals surface area contributed by atoms with Crippen molar-refractivity contribution in [1.82, 2.24) is 5.32 Å². The first-order valence-electron chi connectivity index (χ1n) is 5.36. The van der Waals surface area contributed by atoms with Crippen molar-refractivity contribution in [2.75, 3.05) is 32.9 Å². The SMILES string of the molecule is C=CCOCC(O)CNCC(C)COS(=O)[O-]. The van der Waals surface area contributed by atoms with E-state index in [1.165, 1.54) is 0 Å². The average molecular weight is 266 g/mol. The van der Waals surface area contributed by atoms with E-state index in [9.17, 15) is 13.9 Å². The first-order chi connectivity index (χ1) is 8.06. The highest BCUT2D eigenvalue weighted by Gasteiger charge is 2.06. The van der Waals surface area contributed by atoms with Crippen LogP contribution in [0.25, 0.3) is 0 Å². The molecule has 6 nitrogen and oxygen atoms in total. The Morgan fingerprint density at radius 2 is 2.24 bits per heavy atom. The molecule has 0 aromatic rings. The zero-order valence-electron chi connectivity index (χ0n) is 9.96. The summed E-state index contributed by atoms with van der Waals surface area (Å²) in [6.07, 6.45) is 1.03. The Morgan fingerprint density at radius 3 is 2.82 bits per heavy atom. The lowest BCUT2D eigenvalue weighted by molar-refractivity contribution is 0.0488. The van der Waals surface area contributed by atoms with E-state index < -0.39 is 17.5 Å². The molecule has 0 heterocycles. The number of aliphatic hydroxyl groups excluding tert-OH is 1. The highest BCUT2D eigenvalue weighted by Crippen LogP contribution is 1.95. The fourth-order valence-electron chi connectivity index (χ4n) is 1.07. The highest BCUT2D eigenvalue weighted by atomic mass is 32.2. The summed E-state index contributed by atoms with van der Waals surface area (Å²) in [5, 5.41) is 12.5. The number of rotatable bonds is 11. The molecule has 0 spiro atoms. The van der Waals surface area contributed by atoms with Gasteiger partial charge in [0, 0.05) is 13.1 Å². The molecule has 0 amide bonds. The lowest BCUT2D eigenvalue weighted by Gasteiger charge is -2.16. The monoisotopic (exact) mass is 266 g/mol. The van der Waals surface area contributed by atoms with Gasteiger partial charge in [0.05, 0.1) is 37.3 Å². The molecule has 0 aromatic heterocycles. The third kappa shape index (κ3) is 11.9. The van der Waals surface area contributed by atoms with Crippen LogP contribution in [0.5, 0.6) is 0 Å². The zero-order valence-corrected chi connectivity index (χ0v) is 10.8. The molecule has 0 aliphatic carbocycles. The molecule has 0 saturated heterocycles. The van der Waals surface area contributed by atoms with Gasteiger partial charge in [0.2, 0.25) is 0 Å². The van der Waals surface area contributed by atoms with E-state index in [0.717, 1.165) is 0 Å². The lowest BCUT2D eigenvalue weighted by Crippen LogP contribution is -2.34. The lowest BCUT2D eigenvalue weighted by atomic mass is 10.2. The molecule has 0 rings (SSSR count). The number of aliphatic hydroxyl groups is 1. The van der Waals surface area contributed by atoms with Crippen molar-refractivity contribution >= 4 is 11.4 Å². The Bertz CT molecular complexity index is 227. The molecule has 3 atom stereocenters. The Kier molecular flexibility index (Phi) is 10.6. The average Bonchev–Trinajstić information content (AvgIpc) is 2.27. The van der Waals surface area contributed by atoms with Gasteiger partial charge in [-0.15, -0.1) is 6.58 Å². The predicted octanol–water partition coefficient (Wildman–Crippen LogP) is -0.414. The zero-order chi connectivity index (χ0) is 13.1. The molecular weight excluding hydrogens is 246 g/mol. The van der Waals surface area contributed by atoms with Crippen LogP contribution in [0.3, 0.4) is 0 Å². The highest BCUT2D eigenvalue weighted by molar-refractivity contribution is 7.74. The van der Waals surface area contributed by atoms with E-state index in [1.807, 2.05) is 6.92 Å². The number of nitrogens with one attached hydrogen (secondary N) is 1. The molecule has 3 unspecified atom stereocenters. The fraction of sp³-hybridized carbons (Fsp3) is 0.800. The van der Waals surface area contributed by atoms with Gasteiger partial charge in [-0.1, -0.05) is 13.0 Å². The van der Waals surface area contributed by atoms with Gasteiger partial charge in [0.25, 0.3) is 0 Å². The topological polar surface area (TPSA) is 90.8 Å². The van der Waals surface area contributed by atoms with Crippen LogP contribution in [-0.4, -0.2) is 52.9 Å². The summed E-state index contributed by atoms with van der Waals surface area (Å²) in [4.78, 5) is 0. The quantitative estimate of drug-likeness (QED) is 0.300. The first-order valence-corrected chi connectivity index (χ1v) is 6.36. The van der Waals surface area contributed by atoms with E-state index in [1.54, 1.807) is 6.08 Å². The minimum absolute atomic E-state index is 0.0502. The second-order valence-electron chi connectivity index (χ2n) is 3.73. The van der Waals surface area contributed by atoms with Crippen LogP contribution in [0.2, 0.25) is 0 Å². The smallest absolute Gasteiger partial charge is 0.0897 e. The molecule has 0 aliphatic heterocycles. The van der Waals surface area contributed by atoms with Crippen molar-refractivity contribution in [2.45, 2.75) is 13.0 Å². The minimum Gasteiger partial charge on any atom is -0.750 e. The van der Waals surface area contributed by atoms with Crippen molar-refractivity contribution < 1.29 is 22.8 Å². The molecular formula is C10H20NO5S-. The third-order valence-corrected chi connectivity index (χ3v) is 2.20. The molecule has 0 saturated carbocycles. The number of hydrogen-bond acceptors (Lipinski definition) is 6. The van der Waals surface area contributed by atoms with E-state index in [4.69, 9.17) is 4.74 Å². The first kappa shape index (κ1) is 16.7. The molecule has 0 aliphatic rings. The second kappa shape index (κ2) is 10.8. The molecule has 17 heavy (non-hydrogen) atoms. The maximum Gasteiger partial charge on any atom is 0.0897 e. The molecule has 0 bridgehead atoms. The van der Waals surface area contributed by atoms with Gasteiger partial charge in [-0.2, -0.15) is 0 Å². The standard InChI is InChI=1S/C10H21NO5S/c1-3-4-15-8-10(12)6-11-5-9(2)7-16-17(13)14/h3,9-12H,1,4-8H2,2H3,(H,13,14)/p-1. The number of hydrogen-bond donors (Lipinski definition) is 2. The Hall–Kier alpha value is -0.310. The maximum atomic E-state index is 10.1. The van der Waals surface area contributed by atoms with Crippen LogP contribution in [-0.2, 0) is 20.3 Å². The summed E-state index contributed by atoms with van der Waals surface area (Å²) < 4.78 is 29.7. The van der Waals surface area contributed by atoms with Crippen molar-refractivity contribution in [1.29, 1.82) is 0 Å². The molecule has 2 N–H and O–H groups in total. The molecule has 0 fully saturated rings. The summed E-state index contributed by atoms with van der Waals surface area (Å²) in [7, 11) is 0. The third-order valence-electron chi connectivity index (χ3n) is 1.87. The second-order valence-corrected chi connectivity index (χ2v) is 4.38. The summed E-state index contributed by atoms with van der Waals surface area (Å²) in [5.74, 6) is 0.0502. The Balaban J connectivity index is 3.41. The fourth-order valence-corrected chi connectivity index (χ4v) is 1.42. The summed E-state index contributed by atoms with van der Waals surface area (Å²) in [5.41, 5.74) is 0. The summed E-state index contributed by atoms with van der Waals surface area (Å²) in [6.45, 7) is 7.08. The minimum atomic E-state index is -2.46. The van der Waals surface area contributed by atoms with E-state index in [0.29, 0.717) is 19.7 Å². The van der Waals surface area contributed by atoms with Gasteiger partial charge in [-0.05, 0) is 5.92 Å². The van der Waals surface area contributed by atoms with Crippen LogP contribution in [0.15, 0.2) is 12.7 Å². The Morgan fingerprint density at radius 1 is 1.53 bits per heavy atom. The van der Waals surface area contributed by atoms with Crippen LogP contribution < -0.4 is 5.32 Å². The number of ether oxygens (including phenoxy) is 1. The van der Waals surface area contributed by atoms with Crippen molar-refractivity contribution in [3.05, 3.63) is 12.7 Å². The largest absolute Gasteiger partial charge is 0.750 e. The molecule has 0 radical (unpaired) electrons. The van der Waals surface area contributed by atoms with Gasteiger partial charge in [0.1, 0.15) is 0 Å². The van der Waals surface area contributed by atoms with E-state index in [-0.39, 0.29) is 19.1 Å². The van der Waals surface area contributed by atoms with Gasteiger partial charge in [-0.3, -0.25) is 0 Å². The summed E-state index contributed by atoms with van der Waals surface area (Å²) >= 11 is -2.46. The maximum absolute atomic E-state index is 10.1. The van der Waals surface area contributed by atoms with E-state index in [2.05, 4.69) is 16.1 Å². The van der Waals surface area contributed by atoms with Crippen LogP contribution in [0.4, 0.5) is 0 Å². The van der Waals surface area contributed by atoms with Crippen molar-refractivity contribution in [3.8, 4) is 0 Å². The van der Waals surface area contributed by atoms with Gasteiger partial charge >= 0.3 is 0 Å². The van der Waals surface area contributed by atoms with Crippen LogP contribution >= 0.6 is 0 Å². The normalized spacial score (nSPS) is 16.4. The molecule has 102 valence electrons. The summed E-state index contributed by atoms with van der Waals surface area (Å²) in [6, 6.07) is 0. The van der Waals surface area contributed by atoms with E-state index >= 15 is 0 Å². The predicted molar refractivity (Wildman–Crippen MR) is 63.9 cm³/mol. The van der Waals surface area contributed by atoms with Crippen molar-refractivity contribution in [3.63, 3.8) is 0 Å². The Labute approximate surface area is 104 Å². The van der Waals surface area contributed by atoms with Crippen LogP contribution in [0.1, 0.15) is 6.92 Å². The molecule has 7 heteroatoms. The van der Waals surface area contributed by atoms with Crippen molar-refractivity contribution in [2.24, 2.45) is 5.92 Å². The van der Waals surface area contributed by atoms with Gasteiger partial charge in [0.15, 0.2) is 0 Å². The van der Waals surface area contributed by atoms with Crippen LogP contribution in [0, 0.1) is 5.92 Å². The van der Waals surface area contributed by atoms with Gasteiger partial charge < -0.3 is 23.9 Å².